The average molecular weight is 523 g/mol. The van der Waals surface area contributed by atoms with Crippen molar-refractivity contribution in [2.45, 2.75) is 4.90 Å². The first kappa shape index (κ1) is 25.3. The maximum Gasteiger partial charge on any atom is 0.341 e. The SMILES string of the molecule is O=C(COC(=O)c1cc(S(=O)(=O)N2CCOCC2)ccc1F)NC(=O)Nc1ccc2c(c1)OCCO2. The van der Waals surface area contributed by atoms with Crippen molar-refractivity contribution in [2.24, 2.45) is 0 Å². The quantitative estimate of drug-likeness (QED) is 0.531. The number of morpholine rings is 1. The second-order valence-corrected chi connectivity index (χ2v) is 9.53. The minimum atomic E-state index is -3.99. The molecule has 0 unspecified atom stereocenters. The maximum atomic E-state index is 14.2. The van der Waals surface area contributed by atoms with Crippen LogP contribution in [-0.2, 0) is 24.3 Å². The van der Waals surface area contributed by atoms with E-state index in [0.29, 0.717) is 30.4 Å². The molecule has 14 heteroatoms. The van der Waals surface area contributed by atoms with Gasteiger partial charge in [0, 0.05) is 24.8 Å². The van der Waals surface area contributed by atoms with Crippen LogP contribution in [0, 0.1) is 5.82 Å². The predicted octanol–water partition coefficient (Wildman–Crippen LogP) is 1.12. The predicted molar refractivity (Wildman–Crippen MR) is 121 cm³/mol. The highest BCUT2D eigenvalue weighted by atomic mass is 32.2. The van der Waals surface area contributed by atoms with Crippen molar-refractivity contribution in [3.63, 3.8) is 0 Å². The third-order valence-corrected chi connectivity index (χ3v) is 7.05. The smallest absolute Gasteiger partial charge is 0.341 e. The standard InChI is InChI=1S/C22H22FN3O9S/c23-17-3-2-15(36(30,31)26-5-7-32-8-6-26)12-16(17)21(28)35-13-20(27)25-22(29)24-14-1-4-18-19(11-14)34-10-9-33-18/h1-4,11-12H,5-10,13H2,(H2,24,25,27,29). The van der Waals surface area contributed by atoms with Gasteiger partial charge in [-0.05, 0) is 30.3 Å². The van der Waals surface area contributed by atoms with Gasteiger partial charge in [0.15, 0.2) is 18.1 Å². The van der Waals surface area contributed by atoms with Crippen molar-refractivity contribution in [1.82, 2.24) is 9.62 Å². The number of hydrogen-bond donors (Lipinski definition) is 2. The summed E-state index contributed by atoms with van der Waals surface area (Å²) in [5, 5.41) is 4.38. The number of imide groups is 1. The van der Waals surface area contributed by atoms with Crippen molar-refractivity contribution < 1.29 is 46.1 Å². The topological polar surface area (TPSA) is 150 Å². The Bertz CT molecular complexity index is 1280. The molecule has 3 amide bonds. The van der Waals surface area contributed by atoms with Crippen LogP contribution in [-0.4, -0.2) is 76.8 Å². The second kappa shape index (κ2) is 10.9. The molecule has 0 aromatic heterocycles. The Hall–Kier alpha value is -3.75. The highest BCUT2D eigenvalue weighted by Crippen LogP contribution is 2.32. The van der Waals surface area contributed by atoms with E-state index in [1.165, 1.54) is 6.07 Å². The first-order valence-corrected chi connectivity index (χ1v) is 12.2. The molecule has 2 aliphatic rings. The Labute approximate surface area is 205 Å². The second-order valence-electron chi connectivity index (χ2n) is 7.59. The van der Waals surface area contributed by atoms with Crippen LogP contribution in [0.2, 0.25) is 0 Å². The van der Waals surface area contributed by atoms with E-state index in [4.69, 9.17) is 18.9 Å². The van der Waals surface area contributed by atoms with E-state index in [0.717, 1.165) is 22.5 Å². The molecule has 2 heterocycles. The lowest BCUT2D eigenvalue weighted by Gasteiger charge is -2.26. The molecule has 1 fully saturated rings. The van der Waals surface area contributed by atoms with E-state index < -0.39 is 45.9 Å². The van der Waals surface area contributed by atoms with Crippen molar-refractivity contribution in [2.75, 3.05) is 51.4 Å². The van der Waals surface area contributed by atoms with E-state index in [9.17, 15) is 27.2 Å². The van der Waals surface area contributed by atoms with E-state index in [1.54, 1.807) is 12.1 Å². The fraction of sp³-hybridized carbons (Fsp3) is 0.318. The average Bonchev–Trinajstić information content (AvgIpc) is 2.87. The number of hydrogen-bond acceptors (Lipinski definition) is 9. The van der Waals surface area contributed by atoms with Gasteiger partial charge in [0.1, 0.15) is 19.0 Å². The summed E-state index contributed by atoms with van der Waals surface area (Å²) < 4.78 is 61.6. The normalized spacial score (nSPS) is 15.6. The first-order valence-electron chi connectivity index (χ1n) is 10.8. The number of sulfonamides is 1. The summed E-state index contributed by atoms with van der Waals surface area (Å²) in [7, 11) is -3.99. The zero-order valence-electron chi connectivity index (χ0n) is 18.8. The molecule has 0 spiro atoms. The molecule has 0 saturated carbocycles. The highest BCUT2D eigenvalue weighted by molar-refractivity contribution is 7.89. The van der Waals surface area contributed by atoms with Crippen LogP contribution < -0.4 is 20.1 Å². The number of fused-ring (bicyclic) bond motifs is 1. The molecule has 1 saturated heterocycles. The molecular formula is C22H22FN3O9S. The van der Waals surface area contributed by atoms with Crippen molar-refractivity contribution in [3.05, 3.63) is 47.8 Å². The van der Waals surface area contributed by atoms with Crippen LogP contribution in [0.1, 0.15) is 10.4 Å². The van der Waals surface area contributed by atoms with Gasteiger partial charge < -0.3 is 24.3 Å². The third kappa shape index (κ3) is 5.90. The van der Waals surface area contributed by atoms with Gasteiger partial charge in [-0.15, -0.1) is 0 Å². The number of urea groups is 1. The Morgan fingerprint density at radius 2 is 1.69 bits per heavy atom. The zero-order chi connectivity index (χ0) is 25.7. The van der Waals surface area contributed by atoms with Crippen LogP contribution in [0.4, 0.5) is 14.9 Å². The van der Waals surface area contributed by atoms with Gasteiger partial charge in [-0.1, -0.05) is 0 Å². The summed E-state index contributed by atoms with van der Waals surface area (Å²) in [4.78, 5) is 36.1. The Morgan fingerprint density at radius 1 is 0.972 bits per heavy atom. The van der Waals surface area contributed by atoms with E-state index >= 15 is 0 Å². The summed E-state index contributed by atoms with van der Waals surface area (Å²) in [6.07, 6.45) is 0. The van der Waals surface area contributed by atoms with Crippen LogP contribution in [0.15, 0.2) is 41.3 Å². The molecule has 192 valence electrons. The lowest BCUT2D eigenvalue weighted by Crippen LogP contribution is -2.40. The summed E-state index contributed by atoms with van der Waals surface area (Å²) in [6, 6.07) is 6.44. The molecule has 12 nitrogen and oxygen atoms in total. The number of amides is 3. The molecule has 36 heavy (non-hydrogen) atoms. The number of anilines is 1. The summed E-state index contributed by atoms with van der Waals surface area (Å²) >= 11 is 0. The number of carbonyl (C=O) groups is 3. The summed E-state index contributed by atoms with van der Waals surface area (Å²) in [5.41, 5.74) is -0.347. The van der Waals surface area contributed by atoms with E-state index in [1.807, 2.05) is 5.32 Å². The molecule has 0 radical (unpaired) electrons. The van der Waals surface area contributed by atoms with Gasteiger partial charge >= 0.3 is 12.0 Å². The lowest BCUT2D eigenvalue weighted by molar-refractivity contribution is -0.123. The van der Waals surface area contributed by atoms with Gasteiger partial charge in [-0.2, -0.15) is 4.31 Å². The number of benzene rings is 2. The van der Waals surface area contributed by atoms with Gasteiger partial charge in [0.05, 0.1) is 23.7 Å². The number of rotatable bonds is 6. The highest BCUT2D eigenvalue weighted by Gasteiger charge is 2.28. The van der Waals surface area contributed by atoms with Crippen molar-refractivity contribution in [3.8, 4) is 11.5 Å². The molecule has 2 aromatic carbocycles. The molecule has 2 aliphatic heterocycles. The van der Waals surface area contributed by atoms with Crippen LogP contribution in [0.3, 0.4) is 0 Å². The largest absolute Gasteiger partial charge is 0.486 e. The monoisotopic (exact) mass is 523 g/mol. The number of esters is 1. The van der Waals surface area contributed by atoms with E-state index in [2.05, 4.69) is 5.32 Å². The Balaban J connectivity index is 1.33. The number of halogens is 1. The fourth-order valence-corrected chi connectivity index (χ4v) is 4.85. The van der Waals surface area contributed by atoms with Crippen LogP contribution in [0.5, 0.6) is 11.5 Å². The minimum Gasteiger partial charge on any atom is -0.486 e. The van der Waals surface area contributed by atoms with Gasteiger partial charge in [0.25, 0.3) is 5.91 Å². The lowest BCUT2D eigenvalue weighted by atomic mass is 10.2. The summed E-state index contributed by atoms with van der Waals surface area (Å²) in [6.45, 7) is 0.523. The van der Waals surface area contributed by atoms with Crippen LogP contribution >= 0.6 is 0 Å². The van der Waals surface area contributed by atoms with Crippen molar-refractivity contribution >= 4 is 33.6 Å². The van der Waals surface area contributed by atoms with E-state index in [-0.39, 0.29) is 31.2 Å². The first-order chi connectivity index (χ1) is 17.2. The number of carbonyl (C=O) groups excluding carboxylic acids is 3. The van der Waals surface area contributed by atoms with Crippen LogP contribution in [0.25, 0.3) is 0 Å². The molecule has 4 rings (SSSR count). The molecular weight excluding hydrogens is 501 g/mol. The molecule has 0 atom stereocenters. The molecule has 2 N–H and O–H groups in total. The number of ether oxygens (including phenoxy) is 4. The van der Waals surface area contributed by atoms with Gasteiger partial charge in [-0.25, -0.2) is 22.4 Å². The fourth-order valence-electron chi connectivity index (χ4n) is 3.41. The molecule has 0 aliphatic carbocycles. The Kier molecular flexibility index (Phi) is 7.67. The minimum absolute atomic E-state index is 0.119. The van der Waals surface area contributed by atoms with Gasteiger partial charge in [-0.3, -0.25) is 10.1 Å². The number of nitrogens with one attached hydrogen (secondary N) is 2. The van der Waals surface area contributed by atoms with Gasteiger partial charge in [0.2, 0.25) is 10.0 Å². The molecule has 0 bridgehead atoms. The third-order valence-electron chi connectivity index (χ3n) is 5.15. The molecule has 2 aromatic rings. The number of nitrogens with zero attached hydrogens (tertiary/aromatic N) is 1. The Morgan fingerprint density at radius 3 is 2.44 bits per heavy atom. The summed E-state index contributed by atoms with van der Waals surface area (Å²) in [5.74, 6) is -2.34. The zero-order valence-corrected chi connectivity index (χ0v) is 19.6. The van der Waals surface area contributed by atoms with Crippen molar-refractivity contribution in [1.29, 1.82) is 0 Å². The maximum absolute atomic E-state index is 14.2.